The summed E-state index contributed by atoms with van der Waals surface area (Å²) in [5.74, 6) is -1.01. The van der Waals surface area contributed by atoms with Gasteiger partial charge in [0.05, 0.1) is 0 Å². The van der Waals surface area contributed by atoms with E-state index in [0.717, 1.165) is 135 Å². The molecule has 0 spiro atoms. The molecule has 0 amide bonds. The van der Waals surface area contributed by atoms with Gasteiger partial charge < -0.3 is 14.2 Å². The highest BCUT2D eigenvalue weighted by atomic mass is 16.6. The molecule has 1 atom stereocenters. The zero-order chi connectivity index (χ0) is 50.7. The molecule has 6 heteroatoms. The molecule has 70 heavy (non-hydrogen) atoms. The molecule has 0 aliphatic rings. The van der Waals surface area contributed by atoms with Crippen LogP contribution in [-0.2, 0) is 28.6 Å². The third kappa shape index (κ3) is 54.0. The fraction of sp³-hybridized carbons (Fsp3) is 0.547. The summed E-state index contributed by atoms with van der Waals surface area (Å²) in [6, 6.07) is 0. The molecule has 0 aliphatic carbocycles. The molecule has 0 saturated heterocycles. The van der Waals surface area contributed by atoms with Gasteiger partial charge in [0.2, 0.25) is 0 Å². The summed E-state index contributed by atoms with van der Waals surface area (Å²) in [6.45, 7) is 6.25. The highest BCUT2D eigenvalue weighted by Crippen LogP contribution is 2.11. The summed E-state index contributed by atoms with van der Waals surface area (Å²) in [7, 11) is 0. The average molecular weight is 963 g/mol. The van der Waals surface area contributed by atoms with Crippen molar-refractivity contribution in [1.29, 1.82) is 0 Å². The Morgan fingerprint density at radius 1 is 0.300 bits per heavy atom. The van der Waals surface area contributed by atoms with Crippen molar-refractivity contribution in [2.24, 2.45) is 0 Å². The van der Waals surface area contributed by atoms with Crippen molar-refractivity contribution < 1.29 is 28.6 Å². The Labute approximate surface area is 429 Å². The lowest BCUT2D eigenvalue weighted by Gasteiger charge is -2.18. The molecule has 0 saturated carbocycles. The zero-order valence-electron chi connectivity index (χ0n) is 44.5. The van der Waals surface area contributed by atoms with Gasteiger partial charge in [0, 0.05) is 19.3 Å². The molecule has 0 heterocycles. The fourth-order valence-electron chi connectivity index (χ4n) is 6.72. The Kier molecular flexibility index (Phi) is 52.6. The van der Waals surface area contributed by atoms with Gasteiger partial charge in [-0.1, -0.05) is 217 Å². The molecular weight excluding hydrogens is 865 g/mol. The van der Waals surface area contributed by atoms with Crippen LogP contribution < -0.4 is 0 Å². The van der Waals surface area contributed by atoms with Crippen molar-refractivity contribution in [3.63, 3.8) is 0 Å². The average Bonchev–Trinajstić information content (AvgIpc) is 3.36. The van der Waals surface area contributed by atoms with E-state index in [2.05, 4.69) is 179 Å². The predicted molar refractivity (Wildman–Crippen MR) is 302 cm³/mol. The molecule has 0 aromatic rings. The third-order valence-corrected chi connectivity index (χ3v) is 10.8. The minimum absolute atomic E-state index is 0.110. The number of hydrogen-bond donors (Lipinski definition) is 0. The van der Waals surface area contributed by atoms with Crippen LogP contribution in [0.2, 0.25) is 0 Å². The molecule has 0 fully saturated rings. The maximum absolute atomic E-state index is 12.7. The smallest absolute Gasteiger partial charge is 0.306 e. The Morgan fingerprint density at radius 3 is 0.900 bits per heavy atom. The monoisotopic (exact) mass is 963 g/mol. The van der Waals surface area contributed by atoms with Crippen molar-refractivity contribution >= 4 is 17.9 Å². The number of hydrogen-bond acceptors (Lipinski definition) is 6. The minimum atomic E-state index is -0.814. The summed E-state index contributed by atoms with van der Waals surface area (Å²) < 4.78 is 16.6. The second-order valence-corrected chi connectivity index (χ2v) is 17.4. The minimum Gasteiger partial charge on any atom is -0.462 e. The van der Waals surface area contributed by atoms with Gasteiger partial charge in [-0.3, -0.25) is 14.4 Å². The SMILES string of the molecule is CC/C=C\C/C=C\C/C=C\C/C=C\C/C=C\C/C=C\C/C=C\C/C=C\C/C=C\C/C=C\CCCCC(=O)OCC(COC(=O)CCCCCCCC)OC(=O)CCCCC/C=C\C/C=C\C/C=C\CC. The van der Waals surface area contributed by atoms with Gasteiger partial charge in [-0.2, -0.15) is 0 Å². The van der Waals surface area contributed by atoms with E-state index in [-0.39, 0.29) is 44.0 Å². The topological polar surface area (TPSA) is 78.9 Å². The summed E-state index contributed by atoms with van der Waals surface area (Å²) in [4.78, 5) is 37.7. The second kappa shape index (κ2) is 56.6. The van der Waals surface area contributed by atoms with E-state index in [1.807, 2.05) is 0 Å². The van der Waals surface area contributed by atoms with Crippen LogP contribution in [0.1, 0.15) is 207 Å². The summed E-state index contributed by atoms with van der Waals surface area (Å²) in [6.07, 6.45) is 82.8. The fourth-order valence-corrected chi connectivity index (χ4v) is 6.72. The summed E-state index contributed by atoms with van der Waals surface area (Å²) >= 11 is 0. The van der Waals surface area contributed by atoms with Crippen LogP contribution in [0, 0.1) is 0 Å². The van der Waals surface area contributed by atoms with Gasteiger partial charge in [0.15, 0.2) is 6.10 Å². The third-order valence-electron chi connectivity index (χ3n) is 10.8. The number of carbonyl (C=O) groups is 3. The first-order valence-corrected chi connectivity index (χ1v) is 27.5. The van der Waals surface area contributed by atoms with E-state index in [1.54, 1.807) is 0 Å². The molecule has 0 aliphatic heterocycles. The normalized spacial score (nSPS) is 13.4. The van der Waals surface area contributed by atoms with Crippen molar-refractivity contribution in [3.05, 3.63) is 158 Å². The molecular formula is C64H98O6. The van der Waals surface area contributed by atoms with Crippen LogP contribution in [0.25, 0.3) is 0 Å². The Hall–Kier alpha value is -4.97. The van der Waals surface area contributed by atoms with E-state index >= 15 is 0 Å². The lowest BCUT2D eigenvalue weighted by atomic mass is 10.1. The molecule has 6 nitrogen and oxygen atoms in total. The molecule has 1 unspecified atom stereocenters. The van der Waals surface area contributed by atoms with Gasteiger partial charge in [-0.15, -0.1) is 0 Å². The Balaban J connectivity index is 4.25. The molecule has 0 bridgehead atoms. The van der Waals surface area contributed by atoms with Crippen molar-refractivity contribution in [3.8, 4) is 0 Å². The summed E-state index contributed by atoms with van der Waals surface area (Å²) in [5, 5.41) is 0. The van der Waals surface area contributed by atoms with Gasteiger partial charge in [-0.05, 0) is 128 Å². The van der Waals surface area contributed by atoms with Crippen LogP contribution >= 0.6 is 0 Å². The van der Waals surface area contributed by atoms with E-state index in [0.29, 0.717) is 19.3 Å². The number of unbranched alkanes of at least 4 members (excludes halogenated alkanes) is 10. The Morgan fingerprint density at radius 2 is 0.557 bits per heavy atom. The Bertz CT molecular complexity index is 1620. The van der Waals surface area contributed by atoms with Gasteiger partial charge in [0.25, 0.3) is 0 Å². The second-order valence-electron chi connectivity index (χ2n) is 17.4. The molecule has 0 aromatic carbocycles. The van der Waals surface area contributed by atoms with Crippen LogP contribution in [0.4, 0.5) is 0 Å². The maximum atomic E-state index is 12.7. The quantitative estimate of drug-likeness (QED) is 0.0262. The van der Waals surface area contributed by atoms with E-state index in [1.165, 1.54) is 19.3 Å². The van der Waals surface area contributed by atoms with Gasteiger partial charge >= 0.3 is 17.9 Å². The van der Waals surface area contributed by atoms with E-state index in [4.69, 9.17) is 14.2 Å². The number of ether oxygens (including phenoxy) is 3. The lowest BCUT2D eigenvalue weighted by Crippen LogP contribution is -2.30. The first-order chi connectivity index (χ1) is 34.5. The highest BCUT2D eigenvalue weighted by Gasteiger charge is 2.19. The number of esters is 3. The van der Waals surface area contributed by atoms with Crippen LogP contribution in [-0.4, -0.2) is 37.2 Å². The van der Waals surface area contributed by atoms with Gasteiger partial charge in [0.1, 0.15) is 13.2 Å². The standard InChI is InChI=1S/C64H98O6/c1-4-7-10-13-16-18-20-22-23-24-25-26-27-28-29-30-31-32-33-34-35-36-37-38-39-40-41-43-44-46-48-51-54-57-63(66)69-60-61(59-68-62(65)56-53-50-15-12-9-6-3)70-64(67)58-55-52-49-47-45-42-21-19-17-14-11-8-5-2/h7-8,10-11,16-19,22-23,25-26,28-29,31-32,34-35,37-38,40-42,44-46,61H,4-6,9,12-15,20-21,24,27,30,33,36,39,43,47-60H2,1-3H3/b10-7-,11-8-,18-16-,19-17-,23-22-,26-25-,29-28-,32-31-,35-34-,38-37-,41-40-,45-42-,46-44-. The first-order valence-electron chi connectivity index (χ1n) is 27.5. The highest BCUT2D eigenvalue weighted by molar-refractivity contribution is 5.71. The molecule has 0 rings (SSSR count). The number of rotatable bonds is 47. The predicted octanol–water partition coefficient (Wildman–Crippen LogP) is 18.6. The largest absolute Gasteiger partial charge is 0.462 e. The van der Waals surface area contributed by atoms with Crippen LogP contribution in [0.5, 0.6) is 0 Å². The molecule has 0 N–H and O–H groups in total. The maximum Gasteiger partial charge on any atom is 0.306 e. The van der Waals surface area contributed by atoms with E-state index in [9.17, 15) is 14.4 Å². The van der Waals surface area contributed by atoms with Gasteiger partial charge in [-0.25, -0.2) is 0 Å². The van der Waals surface area contributed by atoms with Crippen molar-refractivity contribution in [2.75, 3.05) is 13.2 Å². The molecule has 0 radical (unpaired) electrons. The van der Waals surface area contributed by atoms with E-state index < -0.39 is 6.10 Å². The zero-order valence-corrected chi connectivity index (χ0v) is 44.5. The lowest BCUT2D eigenvalue weighted by molar-refractivity contribution is -0.167. The van der Waals surface area contributed by atoms with Crippen molar-refractivity contribution in [2.45, 2.75) is 213 Å². The first kappa shape index (κ1) is 65.0. The van der Waals surface area contributed by atoms with Crippen LogP contribution in [0.15, 0.2) is 158 Å². The summed E-state index contributed by atoms with van der Waals surface area (Å²) in [5.41, 5.74) is 0. The number of carbonyl (C=O) groups excluding carboxylic acids is 3. The molecule has 390 valence electrons. The van der Waals surface area contributed by atoms with Crippen LogP contribution in [0.3, 0.4) is 0 Å². The molecule has 0 aromatic heterocycles. The number of allylic oxidation sites excluding steroid dienone is 26. The van der Waals surface area contributed by atoms with Crippen molar-refractivity contribution in [1.82, 2.24) is 0 Å².